The van der Waals surface area contributed by atoms with Crippen LogP contribution < -0.4 is 5.32 Å². The highest BCUT2D eigenvalue weighted by Gasteiger charge is 2.39. The molecular weight excluding hydrogens is 868 g/mol. The van der Waals surface area contributed by atoms with Crippen LogP contribution in [-0.4, -0.2) is 52.3 Å². The van der Waals surface area contributed by atoms with Crippen molar-refractivity contribution in [2.45, 2.75) is 102 Å². The highest BCUT2D eigenvalue weighted by Crippen LogP contribution is 2.42. The summed E-state index contributed by atoms with van der Waals surface area (Å²) in [5.74, 6) is 0. The molecule has 17 heteroatoms. The molecule has 4 aromatic carbocycles. The van der Waals surface area contributed by atoms with Gasteiger partial charge in [-0.05, 0) is 121 Å². The molecule has 330 valence electrons. The number of aromatic nitrogens is 1. The summed E-state index contributed by atoms with van der Waals surface area (Å²) in [5, 5.41) is 27.4. The van der Waals surface area contributed by atoms with Gasteiger partial charge in [0.05, 0.1) is 28.9 Å². The fraction of sp³-hybridized carbons (Fsp3) is 0.465. The zero-order chi connectivity index (χ0) is 43.3. The molecule has 5 nitrogen and oxygen atoms in total. The molecule has 6 rings (SSSR count). The second kappa shape index (κ2) is 20.8. The van der Waals surface area contributed by atoms with Crippen molar-refractivity contribution in [2.75, 3.05) is 26.2 Å². The first-order valence-corrected chi connectivity index (χ1v) is 20.3. The minimum absolute atomic E-state index is 0. The van der Waals surface area contributed by atoms with E-state index in [9.17, 15) is 49.7 Å². The van der Waals surface area contributed by atoms with E-state index in [0.717, 1.165) is 76.4 Å². The largest absolute Gasteiger partial charge is 0.433 e. The van der Waals surface area contributed by atoms with Crippen LogP contribution in [0.15, 0.2) is 60.7 Å². The Kier molecular flexibility index (Phi) is 17.2. The van der Waals surface area contributed by atoms with Gasteiger partial charge in [0, 0.05) is 33.4 Å². The minimum Gasteiger partial charge on any atom is -0.388 e. The highest BCUT2D eigenvalue weighted by molar-refractivity contribution is 6.39. The van der Waals surface area contributed by atoms with Crippen molar-refractivity contribution in [1.29, 1.82) is 0 Å². The minimum atomic E-state index is -4.93. The average molecular weight is 915 g/mol. The number of pyridine rings is 1. The van der Waals surface area contributed by atoms with Crippen LogP contribution in [0.1, 0.15) is 105 Å². The van der Waals surface area contributed by atoms with Gasteiger partial charge in [0.1, 0.15) is 5.69 Å². The number of aliphatic hydroxyl groups excluding tert-OH is 2. The van der Waals surface area contributed by atoms with E-state index in [2.05, 4.69) is 29.0 Å². The first-order valence-electron chi connectivity index (χ1n) is 19.6. The Labute approximate surface area is 358 Å². The lowest BCUT2D eigenvalue weighted by molar-refractivity contribution is -0.142. The van der Waals surface area contributed by atoms with E-state index < -0.39 is 59.1 Å². The molecule has 1 aliphatic heterocycles. The Hall–Kier alpha value is -3.11. The Morgan fingerprint density at radius 2 is 1.40 bits per heavy atom. The fourth-order valence-electron chi connectivity index (χ4n) is 7.48. The molecule has 0 saturated carbocycles. The normalized spacial score (nSPS) is 16.2. The summed E-state index contributed by atoms with van der Waals surface area (Å²) in [6, 6.07) is 11.8. The lowest BCUT2D eigenvalue weighted by atomic mass is 9.91. The predicted octanol–water partition coefficient (Wildman–Crippen LogP) is 13.5. The molecule has 0 aliphatic carbocycles. The molecule has 5 aromatic rings. The van der Waals surface area contributed by atoms with Crippen LogP contribution >= 0.6 is 35.6 Å². The molecule has 0 amide bonds. The highest BCUT2D eigenvalue weighted by atomic mass is 35.5. The molecule has 1 unspecified atom stereocenters. The molecule has 1 aliphatic rings. The number of nitrogens with zero attached hydrogens (tertiary/aromatic N) is 2. The fourth-order valence-corrected chi connectivity index (χ4v) is 8.02. The third-order valence-electron chi connectivity index (χ3n) is 10.6. The molecule has 0 spiro atoms. The predicted molar refractivity (Wildman–Crippen MR) is 222 cm³/mol. The summed E-state index contributed by atoms with van der Waals surface area (Å²) in [6.45, 7) is 7.56. The topological polar surface area (TPSA) is 68.6 Å². The van der Waals surface area contributed by atoms with E-state index in [4.69, 9.17) is 23.2 Å². The van der Waals surface area contributed by atoms with Crippen molar-refractivity contribution >= 4 is 68.1 Å². The van der Waals surface area contributed by atoms with Gasteiger partial charge < -0.3 is 20.4 Å². The quantitative estimate of drug-likeness (QED) is 0.0859. The Morgan fingerprint density at radius 3 is 1.98 bits per heavy atom. The van der Waals surface area contributed by atoms with Crippen LogP contribution in [0, 0.1) is 0 Å². The zero-order valence-electron chi connectivity index (χ0n) is 32.8. The molecule has 0 radical (unpaired) electrons. The Morgan fingerprint density at radius 1 is 0.733 bits per heavy atom. The van der Waals surface area contributed by atoms with Gasteiger partial charge in [-0.25, -0.2) is 4.98 Å². The maximum Gasteiger partial charge on any atom is 0.433 e. The number of hydrogen-bond acceptors (Lipinski definition) is 5. The van der Waals surface area contributed by atoms with Gasteiger partial charge in [-0.15, -0.1) is 12.4 Å². The molecule has 60 heavy (non-hydrogen) atoms. The molecule has 3 N–H and O–H groups in total. The number of nitrogens with one attached hydrogen (secondary N) is 1. The van der Waals surface area contributed by atoms with Crippen LogP contribution in [0.5, 0.6) is 0 Å². The van der Waals surface area contributed by atoms with E-state index in [0.29, 0.717) is 68.7 Å². The van der Waals surface area contributed by atoms with Crippen LogP contribution in [0.3, 0.4) is 0 Å². The number of hydrogen-bond donors (Lipinski definition) is 3. The molecule has 1 fully saturated rings. The summed E-state index contributed by atoms with van der Waals surface area (Å²) < 4.78 is 120. The molecule has 1 aromatic heterocycles. The molecule has 1 saturated heterocycles. The second-order valence-corrected chi connectivity index (χ2v) is 15.7. The summed E-state index contributed by atoms with van der Waals surface area (Å²) in [4.78, 5) is 5.58. The van der Waals surface area contributed by atoms with E-state index in [1.165, 1.54) is 12.1 Å². The SMILES string of the molecule is CCCCN(CCCC)CCC(O)c1cc2c(Cl)cc(Cl)cc2c2cc(C(F)(F)F)ccc12.Cl.O[C@@H](c1cc(C(F)(F)F)nc2c(C(F)(F)F)cccc12)[C@H]1CCCCN1. The van der Waals surface area contributed by atoms with Crippen molar-refractivity contribution in [2.24, 2.45) is 0 Å². The van der Waals surface area contributed by atoms with E-state index in [1.807, 2.05) is 0 Å². The maximum atomic E-state index is 13.4. The summed E-state index contributed by atoms with van der Waals surface area (Å²) >= 11 is 12.6. The standard InChI is InChI=1S/C26H30Cl2F3NO.C17H16F6N2O.ClH/c1-3-5-10-32(11-6-4-2)12-9-25(33)23-16-22-21(14-18(27)15-24(22)28)20-13-17(26(29,30)31)7-8-19(20)23;18-16(19,20)11-5-3-4-9-10(15(26)12-6-1-2-7-24-12)8-13(17(21,22)23)25-14(9)11;/h7-8,13-16,25,33H,3-6,9-12H2,1-2H3;3-5,8,12,15,24,26H,1-2,6-7H2;1H/t;12-,15+;/m.1./s1. The number of rotatable bonds is 12. The van der Waals surface area contributed by atoms with Crippen molar-refractivity contribution in [3.63, 3.8) is 0 Å². The molecule has 3 atom stereocenters. The van der Waals surface area contributed by atoms with E-state index in [1.54, 1.807) is 18.2 Å². The molecule has 2 heterocycles. The van der Waals surface area contributed by atoms with Crippen LogP contribution in [-0.2, 0) is 18.5 Å². The third-order valence-corrected chi connectivity index (χ3v) is 11.1. The van der Waals surface area contributed by atoms with Gasteiger partial charge in [0.15, 0.2) is 0 Å². The van der Waals surface area contributed by atoms with Crippen molar-refractivity contribution in [3.8, 4) is 0 Å². The zero-order valence-corrected chi connectivity index (χ0v) is 35.2. The van der Waals surface area contributed by atoms with Crippen LogP contribution in [0.2, 0.25) is 10.0 Å². The monoisotopic (exact) mass is 913 g/mol. The number of unbranched alkanes of at least 4 members (excludes halogenated alkanes) is 2. The van der Waals surface area contributed by atoms with E-state index >= 15 is 0 Å². The van der Waals surface area contributed by atoms with Crippen molar-refractivity contribution in [3.05, 3.63) is 98.7 Å². The summed E-state index contributed by atoms with van der Waals surface area (Å²) in [7, 11) is 0. The summed E-state index contributed by atoms with van der Waals surface area (Å²) in [5.41, 5.74) is -3.88. The van der Waals surface area contributed by atoms with Crippen LogP contribution in [0.4, 0.5) is 39.5 Å². The third kappa shape index (κ3) is 12.1. The lowest BCUT2D eigenvalue weighted by Gasteiger charge is -2.29. The van der Waals surface area contributed by atoms with E-state index in [-0.39, 0.29) is 23.4 Å². The van der Waals surface area contributed by atoms with Gasteiger partial charge in [0.2, 0.25) is 0 Å². The average Bonchev–Trinajstić information content (AvgIpc) is 3.18. The van der Waals surface area contributed by atoms with Gasteiger partial charge in [-0.3, -0.25) is 0 Å². The maximum absolute atomic E-state index is 13.4. The molecular formula is C43H47Cl3F9N3O2. The lowest BCUT2D eigenvalue weighted by Crippen LogP contribution is -2.39. The number of aliphatic hydroxyl groups is 2. The second-order valence-electron chi connectivity index (χ2n) is 14.9. The first kappa shape index (κ1) is 49.5. The number of piperidine rings is 1. The number of benzene rings is 4. The smallest absolute Gasteiger partial charge is 0.388 e. The molecule has 0 bridgehead atoms. The van der Waals surface area contributed by atoms with Crippen molar-refractivity contribution in [1.82, 2.24) is 15.2 Å². The van der Waals surface area contributed by atoms with Gasteiger partial charge in [-0.2, -0.15) is 39.5 Å². The summed E-state index contributed by atoms with van der Waals surface area (Å²) in [6.07, 6.45) is -9.43. The van der Waals surface area contributed by atoms with Crippen LogP contribution in [0.25, 0.3) is 32.4 Å². The van der Waals surface area contributed by atoms with Gasteiger partial charge in [-0.1, -0.05) is 74.5 Å². The number of halogens is 12. The first-order chi connectivity index (χ1) is 27.7. The number of para-hydroxylation sites is 1. The Balaban J connectivity index is 0.000000267. The van der Waals surface area contributed by atoms with Crippen molar-refractivity contribution < 1.29 is 49.7 Å². The van der Waals surface area contributed by atoms with Gasteiger partial charge in [0.25, 0.3) is 0 Å². The Bertz CT molecular complexity index is 2200. The van der Waals surface area contributed by atoms with Gasteiger partial charge >= 0.3 is 18.5 Å². The number of alkyl halides is 9. The number of fused-ring (bicyclic) bond motifs is 4.